The SMILES string of the molecule is CNCCNc1ccc2c3c(nn2CCNCCO)-c2c(O)ccc(O)c2C(=O)c13.Cl.Cl.O.O=c1[nH]c(=O)n(C2CCCO2)cc1F. The lowest BCUT2D eigenvalue weighted by molar-refractivity contribution is 0.0517. The number of phenols is 2. The molecule has 1 aliphatic carbocycles. The summed E-state index contributed by atoms with van der Waals surface area (Å²) in [6.45, 7) is 3.52. The number of rotatable bonds is 10. The van der Waals surface area contributed by atoms with Gasteiger partial charge in [0.2, 0.25) is 5.82 Å². The molecule has 47 heavy (non-hydrogen) atoms. The molecule has 2 aromatic carbocycles. The number of aromatic nitrogens is 4. The monoisotopic (exact) mass is 701 g/mol. The molecule has 9 N–H and O–H groups in total. The summed E-state index contributed by atoms with van der Waals surface area (Å²) in [5, 5.41) is 44.7. The van der Waals surface area contributed by atoms with E-state index in [0.29, 0.717) is 61.5 Å². The van der Waals surface area contributed by atoms with Crippen molar-refractivity contribution in [2.75, 3.05) is 51.8 Å². The number of nitrogens with zero attached hydrogens (tertiary/aromatic N) is 3. The first kappa shape index (κ1) is 39.1. The molecule has 258 valence electrons. The average molecular weight is 703 g/mol. The Bertz CT molecular complexity index is 1810. The summed E-state index contributed by atoms with van der Waals surface area (Å²) < 4.78 is 20.9. The third-order valence-corrected chi connectivity index (χ3v) is 7.39. The summed E-state index contributed by atoms with van der Waals surface area (Å²) in [7, 11) is 1.85. The molecule has 0 spiro atoms. The van der Waals surface area contributed by atoms with Crippen LogP contribution in [0.15, 0.2) is 40.1 Å². The Labute approximate surface area is 279 Å². The molecule has 1 saturated heterocycles. The fourth-order valence-corrected chi connectivity index (χ4v) is 5.34. The second kappa shape index (κ2) is 17.2. The highest BCUT2D eigenvalue weighted by molar-refractivity contribution is 6.29. The van der Waals surface area contributed by atoms with E-state index in [0.717, 1.165) is 29.2 Å². The van der Waals surface area contributed by atoms with E-state index in [1.807, 2.05) is 24.2 Å². The van der Waals surface area contributed by atoms with Gasteiger partial charge in [-0.3, -0.25) is 23.8 Å². The number of hydrogen-bond donors (Lipinski definition) is 7. The summed E-state index contributed by atoms with van der Waals surface area (Å²) in [5.74, 6) is -1.60. The van der Waals surface area contributed by atoms with Crippen LogP contribution in [0.1, 0.15) is 35.0 Å². The number of phenolic OH excluding ortho intramolecular Hbond substituents is 2. The number of likely N-dealkylation sites (N-methyl/N-ethyl adjacent to an activating group) is 1. The Morgan fingerprint density at radius 2 is 1.74 bits per heavy atom. The Morgan fingerprint density at radius 3 is 2.40 bits per heavy atom. The quantitative estimate of drug-likeness (QED) is 0.0798. The number of aromatic hydroxyl groups is 2. The van der Waals surface area contributed by atoms with Crippen LogP contribution in [0.3, 0.4) is 0 Å². The van der Waals surface area contributed by atoms with Crippen LogP contribution in [0.4, 0.5) is 10.1 Å². The minimum Gasteiger partial charge on any atom is -0.507 e. The standard InChI is InChI=1S/C21H25N5O4.C8H9FN2O3.2ClH.H2O/c1-22-6-7-24-12-2-3-13-17-16(12)21(30)19-15(29)5-4-14(28)18(19)20(17)25-26(13)10-8-23-9-11-27;9-5-4-11(6-2-1-3-14-6)8(13)10-7(5)12;;;/h2-5,22-24,27-29H,6-11H2,1H3;4,6H,1-3H2,(H,10,12,13);2*1H;1H2. The van der Waals surface area contributed by atoms with E-state index in [-0.39, 0.29) is 65.3 Å². The van der Waals surface area contributed by atoms with Gasteiger partial charge in [0.25, 0.3) is 5.56 Å². The molecule has 2 aromatic heterocycles. The van der Waals surface area contributed by atoms with E-state index >= 15 is 0 Å². The van der Waals surface area contributed by atoms with Crippen molar-refractivity contribution < 1.29 is 34.7 Å². The summed E-state index contributed by atoms with van der Waals surface area (Å²) >= 11 is 0. The van der Waals surface area contributed by atoms with Crippen LogP contribution >= 0.6 is 24.8 Å². The molecule has 0 bridgehead atoms. The average Bonchev–Trinajstić information content (AvgIpc) is 3.67. The number of hydrogen-bond acceptors (Lipinski definition) is 11. The minimum absolute atomic E-state index is 0. The Kier molecular flexibility index (Phi) is 14.3. The van der Waals surface area contributed by atoms with Crippen molar-refractivity contribution in [3.8, 4) is 22.8 Å². The molecule has 0 radical (unpaired) electrons. The number of halogens is 3. The number of anilines is 1. The van der Waals surface area contributed by atoms with Gasteiger partial charge >= 0.3 is 5.69 Å². The third kappa shape index (κ3) is 7.93. The molecule has 1 fully saturated rings. The fraction of sp³-hybridized carbons (Fsp3) is 0.379. The summed E-state index contributed by atoms with van der Waals surface area (Å²) in [4.78, 5) is 37.3. The lowest BCUT2D eigenvalue weighted by Crippen LogP contribution is -2.33. The van der Waals surface area contributed by atoms with Crippen molar-refractivity contribution in [3.63, 3.8) is 0 Å². The van der Waals surface area contributed by atoms with Crippen molar-refractivity contribution in [3.05, 3.63) is 68.2 Å². The van der Waals surface area contributed by atoms with Gasteiger partial charge in [-0.15, -0.1) is 24.8 Å². The largest absolute Gasteiger partial charge is 0.507 e. The number of H-pyrrole nitrogens is 1. The molecule has 4 aromatic rings. The van der Waals surface area contributed by atoms with Gasteiger partial charge in [-0.2, -0.15) is 9.49 Å². The molecule has 1 aliphatic heterocycles. The zero-order chi connectivity index (χ0) is 31.4. The molecule has 0 saturated carbocycles. The van der Waals surface area contributed by atoms with Gasteiger partial charge in [0.15, 0.2) is 5.78 Å². The number of aromatic amines is 1. The minimum atomic E-state index is -0.996. The zero-order valence-electron chi connectivity index (χ0n) is 25.3. The van der Waals surface area contributed by atoms with E-state index in [1.165, 1.54) is 12.1 Å². The van der Waals surface area contributed by atoms with Crippen LogP contribution in [0.2, 0.25) is 0 Å². The first-order valence-corrected chi connectivity index (χ1v) is 14.2. The molecule has 18 heteroatoms. The second-order valence-electron chi connectivity index (χ2n) is 10.3. The van der Waals surface area contributed by atoms with Gasteiger partial charge in [-0.05, 0) is 44.2 Å². The van der Waals surface area contributed by atoms with Crippen LogP contribution in [-0.2, 0) is 11.3 Å². The van der Waals surface area contributed by atoms with Crippen molar-refractivity contribution in [1.29, 1.82) is 0 Å². The second-order valence-corrected chi connectivity index (χ2v) is 10.3. The molecule has 1 atom stereocenters. The maximum atomic E-state index is 13.4. The molecular weight excluding hydrogens is 664 g/mol. The van der Waals surface area contributed by atoms with E-state index in [4.69, 9.17) is 9.84 Å². The van der Waals surface area contributed by atoms with E-state index in [2.05, 4.69) is 21.0 Å². The maximum Gasteiger partial charge on any atom is 0.330 e. The number of benzene rings is 2. The van der Waals surface area contributed by atoms with Crippen molar-refractivity contribution in [2.45, 2.75) is 25.6 Å². The van der Waals surface area contributed by atoms with Crippen LogP contribution in [0.5, 0.6) is 11.5 Å². The molecule has 2 aliphatic rings. The summed E-state index contributed by atoms with van der Waals surface area (Å²) in [5.41, 5.74) is 1.04. The molecule has 15 nitrogen and oxygen atoms in total. The van der Waals surface area contributed by atoms with Gasteiger partial charge in [-0.25, -0.2) is 4.79 Å². The highest BCUT2D eigenvalue weighted by atomic mass is 35.5. The number of nitrogens with one attached hydrogen (secondary N) is 4. The predicted octanol–water partition coefficient (Wildman–Crippen LogP) is 0.876. The summed E-state index contributed by atoms with van der Waals surface area (Å²) in [6.07, 6.45) is 1.93. The van der Waals surface area contributed by atoms with Gasteiger partial charge in [-0.1, -0.05) is 0 Å². The maximum absolute atomic E-state index is 13.4. The number of ketones is 1. The number of carbonyl (C=O) groups excluding carboxylic acids is 1. The third-order valence-electron chi connectivity index (χ3n) is 7.39. The van der Waals surface area contributed by atoms with Gasteiger partial charge in [0.05, 0.1) is 41.6 Å². The van der Waals surface area contributed by atoms with Gasteiger partial charge < -0.3 is 41.5 Å². The molecule has 0 amide bonds. The normalized spacial score (nSPS) is 14.3. The molecular formula is C29H38Cl2FN7O8. The number of aliphatic hydroxyl groups excluding tert-OH is 1. The number of fused-ring (bicyclic) bond motifs is 2. The lowest BCUT2D eigenvalue weighted by atomic mass is 9.85. The zero-order valence-corrected chi connectivity index (χ0v) is 27.0. The number of ether oxygens (including phenoxy) is 1. The van der Waals surface area contributed by atoms with Gasteiger partial charge in [0, 0.05) is 43.9 Å². The van der Waals surface area contributed by atoms with Crippen LogP contribution < -0.4 is 27.2 Å². The number of carbonyl (C=O) groups is 1. The molecule has 3 heterocycles. The smallest absolute Gasteiger partial charge is 0.330 e. The molecule has 1 unspecified atom stereocenters. The van der Waals surface area contributed by atoms with Crippen molar-refractivity contribution in [2.24, 2.45) is 0 Å². The topological polar surface area (TPSA) is 227 Å². The van der Waals surface area contributed by atoms with E-state index in [1.54, 1.807) is 4.68 Å². The fourth-order valence-electron chi connectivity index (χ4n) is 5.34. The van der Waals surface area contributed by atoms with E-state index < -0.39 is 23.3 Å². The summed E-state index contributed by atoms with van der Waals surface area (Å²) in [6, 6.07) is 6.44. The van der Waals surface area contributed by atoms with Gasteiger partial charge in [0.1, 0.15) is 23.4 Å². The van der Waals surface area contributed by atoms with Crippen molar-refractivity contribution in [1.82, 2.24) is 30.0 Å². The lowest BCUT2D eigenvalue weighted by Gasteiger charge is -2.20. The molecule has 6 rings (SSSR count). The van der Waals surface area contributed by atoms with E-state index in [9.17, 15) is 29.0 Å². The highest BCUT2D eigenvalue weighted by Gasteiger charge is 2.35. The Balaban J connectivity index is 0.000000383. The Hall–Kier alpha value is -4.03. The number of aliphatic hydroxyl groups is 1. The van der Waals surface area contributed by atoms with Crippen LogP contribution in [0.25, 0.3) is 22.2 Å². The van der Waals surface area contributed by atoms with Crippen molar-refractivity contribution >= 4 is 47.2 Å². The first-order valence-electron chi connectivity index (χ1n) is 14.2. The predicted molar refractivity (Wildman–Crippen MR) is 178 cm³/mol. The van der Waals surface area contributed by atoms with Crippen LogP contribution in [0, 0.1) is 5.82 Å². The first-order chi connectivity index (χ1) is 21.3. The van der Waals surface area contributed by atoms with Crippen LogP contribution in [-0.4, -0.2) is 92.4 Å². The highest BCUT2D eigenvalue weighted by Crippen LogP contribution is 2.47. The Morgan fingerprint density at radius 1 is 1.02 bits per heavy atom.